The largest absolute Gasteiger partial charge is 0.469 e. The molecule has 1 aliphatic rings. The number of piperidine rings is 1. The molecular formula is C21H38N4O2. The lowest BCUT2D eigenvalue weighted by molar-refractivity contribution is 0.0532. The summed E-state index contributed by atoms with van der Waals surface area (Å²) in [5, 5.41) is 7.17. The second kappa shape index (κ2) is 12.0. The maximum atomic E-state index is 5.67. The van der Waals surface area contributed by atoms with Gasteiger partial charge in [0.2, 0.25) is 0 Å². The number of rotatable bonds is 10. The van der Waals surface area contributed by atoms with Gasteiger partial charge in [-0.3, -0.25) is 4.99 Å². The Kier molecular flexibility index (Phi) is 9.70. The number of furan rings is 1. The molecule has 0 amide bonds. The van der Waals surface area contributed by atoms with Crippen LogP contribution in [0.5, 0.6) is 0 Å². The molecule has 1 atom stereocenters. The van der Waals surface area contributed by atoms with Crippen molar-refractivity contribution in [2.45, 2.75) is 71.6 Å². The molecule has 1 aromatic heterocycles. The Morgan fingerprint density at radius 2 is 2.11 bits per heavy atom. The first-order valence-corrected chi connectivity index (χ1v) is 10.5. The van der Waals surface area contributed by atoms with Crippen molar-refractivity contribution in [3.8, 4) is 0 Å². The zero-order valence-corrected chi connectivity index (χ0v) is 17.5. The van der Waals surface area contributed by atoms with Crippen LogP contribution in [0.2, 0.25) is 0 Å². The summed E-state index contributed by atoms with van der Waals surface area (Å²) in [6, 6.07) is 4.82. The molecule has 0 aromatic carbocycles. The van der Waals surface area contributed by atoms with Crippen LogP contribution in [0, 0.1) is 0 Å². The molecule has 1 fully saturated rings. The molecule has 1 aromatic rings. The smallest absolute Gasteiger partial charge is 0.191 e. The van der Waals surface area contributed by atoms with E-state index in [0.29, 0.717) is 18.2 Å². The van der Waals surface area contributed by atoms with Crippen molar-refractivity contribution >= 4 is 5.96 Å². The maximum Gasteiger partial charge on any atom is 0.191 e. The van der Waals surface area contributed by atoms with Crippen LogP contribution in [0.15, 0.2) is 27.8 Å². The van der Waals surface area contributed by atoms with E-state index in [0.717, 1.165) is 70.2 Å². The first kappa shape index (κ1) is 21.8. The van der Waals surface area contributed by atoms with Crippen molar-refractivity contribution in [1.29, 1.82) is 0 Å². The van der Waals surface area contributed by atoms with Gasteiger partial charge in [0.05, 0.1) is 19.0 Å². The van der Waals surface area contributed by atoms with Crippen molar-refractivity contribution in [2.75, 3.05) is 32.8 Å². The molecule has 27 heavy (non-hydrogen) atoms. The topological polar surface area (TPSA) is 62.0 Å². The van der Waals surface area contributed by atoms with Gasteiger partial charge >= 0.3 is 0 Å². The Hall–Kier alpha value is -1.53. The fourth-order valence-electron chi connectivity index (χ4n) is 3.11. The van der Waals surface area contributed by atoms with E-state index in [9.17, 15) is 0 Å². The van der Waals surface area contributed by atoms with Crippen molar-refractivity contribution in [3.05, 3.63) is 24.2 Å². The van der Waals surface area contributed by atoms with Crippen LogP contribution in [0.3, 0.4) is 0 Å². The van der Waals surface area contributed by atoms with Crippen molar-refractivity contribution in [1.82, 2.24) is 15.5 Å². The molecule has 2 rings (SSSR count). The number of ether oxygens (including phenoxy) is 1. The SMILES string of the molecule is CCC(C)NC(=NCCc1ccco1)NC1CCN(CCOC(C)C)CC1. The Morgan fingerprint density at radius 1 is 1.33 bits per heavy atom. The van der Waals surface area contributed by atoms with Crippen LogP contribution < -0.4 is 10.6 Å². The van der Waals surface area contributed by atoms with Gasteiger partial charge in [0, 0.05) is 44.7 Å². The predicted molar refractivity (Wildman–Crippen MR) is 111 cm³/mol. The number of nitrogens with one attached hydrogen (secondary N) is 2. The Balaban J connectivity index is 1.77. The van der Waals surface area contributed by atoms with Gasteiger partial charge in [-0.05, 0) is 52.2 Å². The third-order valence-corrected chi connectivity index (χ3v) is 4.99. The standard InChI is InChI=1S/C21H38N4O2/c1-5-18(4)23-21(22-11-8-20-7-6-15-27-20)24-19-9-12-25(13-10-19)14-16-26-17(2)3/h6-7,15,17-19H,5,8-14,16H2,1-4H3,(H2,22,23,24). The van der Waals surface area contributed by atoms with E-state index in [1.165, 1.54) is 0 Å². The second-order valence-electron chi connectivity index (χ2n) is 7.69. The number of nitrogens with zero attached hydrogens (tertiary/aromatic N) is 2. The predicted octanol–water partition coefficient (Wildman–Crippen LogP) is 3.05. The minimum Gasteiger partial charge on any atom is -0.469 e. The second-order valence-corrected chi connectivity index (χ2v) is 7.69. The van der Waals surface area contributed by atoms with Crippen LogP contribution in [-0.2, 0) is 11.2 Å². The highest BCUT2D eigenvalue weighted by atomic mass is 16.5. The summed E-state index contributed by atoms with van der Waals surface area (Å²) in [5.74, 6) is 1.91. The Morgan fingerprint density at radius 3 is 2.74 bits per heavy atom. The third kappa shape index (κ3) is 8.80. The zero-order chi connectivity index (χ0) is 19.5. The molecule has 0 saturated carbocycles. The third-order valence-electron chi connectivity index (χ3n) is 4.99. The summed E-state index contributed by atoms with van der Waals surface area (Å²) in [6.45, 7) is 13.4. The molecule has 6 heteroatoms. The lowest BCUT2D eigenvalue weighted by atomic mass is 10.1. The first-order valence-electron chi connectivity index (χ1n) is 10.5. The molecular weight excluding hydrogens is 340 g/mol. The van der Waals surface area contributed by atoms with Crippen LogP contribution >= 0.6 is 0 Å². The molecule has 0 radical (unpaired) electrons. The van der Waals surface area contributed by atoms with E-state index >= 15 is 0 Å². The molecule has 2 heterocycles. The van der Waals surface area contributed by atoms with Gasteiger partial charge in [0.25, 0.3) is 0 Å². The number of hydrogen-bond donors (Lipinski definition) is 2. The number of aliphatic imine (C=N–C) groups is 1. The molecule has 1 unspecified atom stereocenters. The normalized spacial score (nSPS) is 18.0. The highest BCUT2D eigenvalue weighted by Crippen LogP contribution is 2.10. The summed E-state index contributed by atoms with van der Waals surface area (Å²) >= 11 is 0. The van der Waals surface area contributed by atoms with Gasteiger partial charge < -0.3 is 24.7 Å². The minimum atomic E-state index is 0.316. The molecule has 0 aliphatic carbocycles. The van der Waals surface area contributed by atoms with Crippen molar-refractivity contribution in [2.24, 2.45) is 4.99 Å². The van der Waals surface area contributed by atoms with Gasteiger partial charge in [-0.1, -0.05) is 6.92 Å². The van der Waals surface area contributed by atoms with E-state index < -0.39 is 0 Å². The summed E-state index contributed by atoms with van der Waals surface area (Å²) in [6.07, 6.45) is 6.22. The van der Waals surface area contributed by atoms with Gasteiger partial charge in [0.15, 0.2) is 5.96 Å². The average Bonchev–Trinajstić information content (AvgIpc) is 3.16. The highest BCUT2D eigenvalue weighted by Gasteiger charge is 2.20. The van der Waals surface area contributed by atoms with E-state index in [1.54, 1.807) is 6.26 Å². The monoisotopic (exact) mass is 378 g/mol. The first-order chi connectivity index (χ1) is 13.1. The van der Waals surface area contributed by atoms with Gasteiger partial charge in [0.1, 0.15) is 5.76 Å². The number of likely N-dealkylation sites (tertiary alicyclic amines) is 1. The molecule has 2 N–H and O–H groups in total. The summed E-state index contributed by atoms with van der Waals surface area (Å²) < 4.78 is 11.1. The number of hydrogen-bond acceptors (Lipinski definition) is 4. The maximum absolute atomic E-state index is 5.67. The Bertz CT molecular complexity index is 522. The summed E-state index contributed by atoms with van der Waals surface area (Å²) in [5.41, 5.74) is 0. The van der Waals surface area contributed by atoms with E-state index in [4.69, 9.17) is 14.1 Å². The fourth-order valence-corrected chi connectivity index (χ4v) is 3.11. The van der Waals surface area contributed by atoms with Crippen LogP contribution in [0.4, 0.5) is 0 Å². The zero-order valence-electron chi connectivity index (χ0n) is 17.5. The van der Waals surface area contributed by atoms with Gasteiger partial charge in [-0.15, -0.1) is 0 Å². The number of guanidine groups is 1. The molecule has 1 aliphatic heterocycles. The van der Waals surface area contributed by atoms with Gasteiger partial charge in [-0.25, -0.2) is 0 Å². The van der Waals surface area contributed by atoms with E-state index in [-0.39, 0.29) is 0 Å². The lowest BCUT2D eigenvalue weighted by Crippen LogP contribution is -2.50. The highest BCUT2D eigenvalue weighted by molar-refractivity contribution is 5.80. The Labute approximate surface area is 164 Å². The lowest BCUT2D eigenvalue weighted by Gasteiger charge is -2.33. The summed E-state index contributed by atoms with van der Waals surface area (Å²) in [4.78, 5) is 7.27. The molecule has 154 valence electrons. The van der Waals surface area contributed by atoms with Crippen LogP contribution in [0.25, 0.3) is 0 Å². The average molecular weight is 379 g/mol. The van der Waals surface area contributed by atoms with Crippen LogP contribution in [-0.4, -0.2) is 61.8 Å². The quantitative estimate of drug-likeness (QED) is 0.484. The van der Waals surface area contributed by atoms with Gasteiger partial charge in [-0.2, -0.15) is 0 Å². The minimum absolute atomic E-state index is 0.316. The molecule has 0 bridgehead atoms. The molecule has 1 saturated heterocycles. The van der Waals surface area contributed by atoms with E-state index in [2.05, 4.69) is 43.2 Å². The summed E-state index contributed by atoms with van der Waals surface area (Å²) in [7, 11) is 0. The molecule has 6 nitrogen and oxygen atoms in total. The molecule has 0 spiro atoms. The van der Waals surface area contributed by atoms with E-state index in [1.807, 2.05) is 12.1 Å². The van der Waals surface area contributed by atoms with Crippen molar-refractivity contribution < 1.29 is 9.15 Å². The fraction of sp³-hybridized carbons (Fsp3) is 0.762. The van der Waals surface area contributed by atoms with Crippen LogP contribution in [0.1, 0.15) is 52.7 Å². The van der Waals surface area contributed by atoms with Crippen molar-refractivity contribution in [3.63, 3.8) is 0 Å².